The van der Waals surface area contributed by atoms with Crippen LogP contribution in [0.1, 0.15) is 31.4 Å². The zero-order valence-electron chi connectivity index (χ0n) is 12.8. The third-order valence-corrected chi connectivity index (χ3v) is 3.91. The minimum absolute atomic E-state index is 0.0109. The van der Waals surface area contributed by atoms with Gasteiger partial charge in [0, 0.05) is 11.6 Å². The molecule has 1 aliphatic heterocycles. The molecule has 3 atom stereocenters. The van der Waals surface area contributed by atoms with Crippen molar-refractivity contribution in [1.82, 2.24) is 5.32 Å². The Kier molecular flexibility index (Phi) is 6.38. The van der Waals surface area contributed by atoms with E-state index >= 15 is 0 Å². The highest BCUT2D eigenvalue weighted by Gasteiger charge is 2.26. The van der Waals surface area contributed by atoms with Crippen molar-refractivity contribution in [2.45, 2.75) is 38.0 Å². The number of benzene rings is 1. The van der Waals surface area contributed by atoms with Crippen LogP contribution >= 0.6 is 11.6 Å². The van der Waals surface area contributed by atoms with Crippen LogP contribution < -0.4 is 5.32 Å². The summed E-state index contributed by atoms with van der Waals surface area (Å²) in [5.41, 5.74) is 0.446. The third kappa shape index (κ3) is 5.20. The van der Waals surface area contributed by atoms with Crippen molar-refractivity contribution in [3.05, 3.63) is 34.9 Å². The van der Waals surface area contributed by atoms with Gasteiger partial charge in [-0.2, -0.15) is 0 Å². The summed E-state index contributed by atoms with van der Waals surface area (Å²) in [6, 6.07) is 5.15. The molecule has 1 aromatic rings. The number of rotatable bonds is 7. The molecule has 1 aromatic carbocycles. The summed E-state index contributed by atoms with van der Waals surface area (Å²) in [5, 5.41) is 12.3. The van der Waals surface area contributed by atoms with E-state index in [4.69, 9.17) is 21.1 Å². The number of halogens is 1. The third-order valence-electron chi connectivity index (χ3n) is 3.66. The van der Waals surface area contributed by atoms with E-state index < -0.39 is 24.0 Å². The number of carbonyl (C=O) groups is 2. The van der Waals surface area contributed by atoms with Gasteiger partial charge in [-0.15, -0.1) is 0 Å². The van der Waals surface area contributed by atoms with Crippen LogP contribution in [-0.4, -0.2) is 42.4 Å². The van der Waals surface area contributed by atoms with E-state index in [-0.39, 0.29) is 6.10 Å². The molecule has 1 amide bonds. The lowest BCUT2D eigenvalue weighted by Crippen LogP contribution is -2.40. The van der Waals surface area contributed by atoms with E-state index in [1.54, 1.807) is 31.2 Å². The molecular formula is C16H20ClNO5. The SMILES string of the molecule is CC(OCC1CCCO1)C(=O)NC(C(=O)O)c1ccc(Cl)cc1. The van der Waals surface area contributed by atoms with Crippen LogP contribution in [0.15, 0.2) is 24.3 Å². The van der Waals surface area contributed by atoms with Gasteiger partial charge in [-0.25, -0.2) is 4.79 Å². The first-order valence-electron chi connectivity index (χ1n) is 7.49. The Morgan fingerprint density at radius 3 is 2.70 bits per heavy atom. The van der Waals surface area contributed by atoms with Gasteiger partial charge in [-0.3, -0.25) is 4.79 Å². The van der Waals surface area contributed by atoms with Crippen LogP contribution in [0, 0.1) is 0 Å². The second-order valence-corrected chi connectivity index (χ2v) is 5.88. The summed E-state index contributed by atoms with van der Waals surface area (Å²) in [4.78, 5) is 23.5. The molecule has 1 heterocycles. The molecule has 0 aliphatic carbocycles. The highest BCUT2D eigenvalue weighted by Crippen LogP contribution is 2.18. The van der Waals surface area contributed by atoms with Crippen molar-refractivity contribution in [1.29, 1.82) is 0 Å². The highest BCUT2D eigenvalue weighted by molar-refractivity contribution is 6.30. The van der Waals surface area contributed by atoms with Gasteiger partial charge in [0.15, 0.2) is 6.04 Å². The summed E-state index contributed by atoms with van der Waals surface area (Å²) in [5.74, 6) is -1.63. The maximum absolute atomic E-state index is 12.1. The Balaban J connectivity index is 1.91. The van der Waals surface area contributed by atoms with Gasteiger partial charge >= 0.3 is 5.97 Å². The minimum Gasteiger partial charge on any atom is -0.479 e. The normalized spacial score (nSPS) is 20.0. The summed E-state index contributed by atoms with van der Waals surface area (Å²) in [6.45, 7) is 2.63. The fourth-order valence-electron chi connectivity index (χ4n) is 2.31. The Morgan fingerprint density at radius 1 is 1.43 bits per heavy atom. The Bertz CT molecular complexity index is 542. The van der Waals surface area contributed by atoms with Gasteiger partial charge in [-0.1, -0.05) is 23.7 Å². The molecule has 0 saturated carbocycles. The quantitative estimate of drug-likeness (QED) is 0.794. The lowest BCUT2D eigenvalue weighted by atomic mass is 10.1. The number of carbonyl (C=O) groups excluding carboxylic acids is 1. The maximum Gasteiger partial charge on any atom is 0.330 e. The fraction of sp³-hybridized carbons (Fsp3) is 0.500. The lowest BCUT2D eigenvalue weighted by molar-refractivity contribution is -0.145. The molecule has 2 N–H and O–H groups in total. The van der Waals surface area contributed by atoms with E-state index in [9.17, 15) is 14.7 Å². The zero-order chi connectivity index (χ0) is 16.8. The molecule has 1 aliphatic rings. The second-order valence-electron chi connectivity index (χ2n) is 5.44. The Labute approximate surface area is 139 Å². The van der Waals surface area contributed by atoms with E-state index in [0.29, 0.717) is 23.8 Å². The fourth-order valence-corrected chi connectivity index (χ4v) is 2.43. The summed E-state index contributed by atoms with van der Waals surface area (Å²) in [6.07, 6.45) is 1.16. The number of aliphatic carboxylic acids is 1. The van der Waals surface area contributed by atoms with Crippen molar-refractivity contribution in [2.75, 3.05) is 13.2 Å². The molecular weight excluding hydrogens is 322 g/mol. The topological polar surface area (TPSA) is 84.9 Å². The van der Waals surface area contributed by atoms with Gasteiger partial charge in [0.25, 0.3) is 0 Å². The van der Waals surface area contributed by atoms with Crippen molar-refractivity contribution in [3.63, 3.8) is 0 Å². The molecule has 126 valence electrons. The van der Waals surface area contributed by atoms with E-state index in [1.807, 2.05) is 0 Å². The van der Waals surface area contributed by atoms with Crippen molar-refractivity contribution in [2.24, 2.45) is 0 Å². The molecule has 0 bridgehead atoms. The van der Waals surface area contributed by atoms with Crippen LogP contribution in [0.2, 0.25) is 5.02 Å². The molecule has 0 spiro atoms. The zero-order valence-corrected chi connectivity index (χ0v) is 13.6. The first-order valence-corrected chi connectivity index (χ1v) is 7.87. The van der Waals surface area contributed by atoms with E-state index in [1.165, 1.54) is 0 Å². The molecule has 6 nitrogen and oxygen atoms in total. The average Bonchev–Trinajstić information content (AvgIpc) is 3.04. The first-order chi connectivity index (χ1) is 11.0. The van der Waals surface area contributed by atoms with Crippen molar-refractivity contribution < 1.29 is 24.2 Å². The van der Waals surface area contributed by atoms with Crippen LogP contribution in [0.4, 0.5) is 0 Å². The maximum atomic E-state index is 12.1. The van der Waals surface area contributed by atoms with Crippen LogP contribution in [0.25, 0.3) is 0 Å². The number of carboxylic acids is 1. The summed E-state index contributed by atoms with van der Waals surface area (Å²) < 4.78 is 10.9. The Morgan fingerprint density at radius 2 is 2.13 bits per heavy atom. The van der Waals surface area contributed by atoms with Crippen molar-refractivity contribution >= 4 is 23.5 Å². The number of nitrogens with one attached hydrogen (secondary N) is 1. The Hall–Kier alpha value is -1.63. The smallest absolute Gasteiger partial charge is 0.330 e. The predicted octanol–water partition coefficient (Wildman–Crippen LogP) is 2.17. The molecule has 23 heavy (non-hydrogen) atoms. The molecule has 3 unspecified atom stereocenters. The van der Waals surface area contributed by atoms with E-state index in [0.717, 1.165) is 12.8 Å². The van der Waals surface area contributed by atoms with Crippen LogP contribution in [0.5, 0.6) is 0 Å². The number of carboxylic acid groups (broad SMARTS) is 1. The number of hydrogen-bond acceptors (Lipinski definition) is 4. The number of hydrogen-bond donors (Lipinski definition) is 2. The molecule has 0 radical (unpaired) electrons. The molecule has 1 fully saturated rings. The number of ether oxygens (including phenoxy) is 2. The monoisotopic (exact) mass is 341 g/mol. The molecule has 0 aromatic heterocycles. The summed E-state index contributed by atoms with van der Waals surface area (Å²) in [7, 11) is 0. The van der Waals surface area contributed by atoms with E-state index in [2.05, 4.69) is 5.32 Å². The highest BCUT2D eigenvalue weighted by atomic mass is 35.5. The van der Waals surface area contributed by atoms with Gasteiger partial charge in [0.1, 0.15) is 6.10 Å². The molecule has 7 heteroatoms. The molecule has 2 rings (SSSR count). The average molecular weight is 342 g/mol. The predicted molar refractivity (Wildman–Crippen MR) is 84.4 cm³/mol. The molecule has 1 saturated heterocycles. The number of amides is 1. The first kappa shape index (κ1) is 17.7. The lowest BCUT2D eigenvalue weighted by Gasteiger charge is -2.19. The van der Waals surface area contributed by atoms with Gasteiger partial charge in [0.2, 0.25) is 5.91 Å². The standard InChI is InChI=1S/C16H20ClNO5/c1-10(23-9-13-3-2-8-22-13)15(19)18-14(16(20)21)11-4-6-12(17)7-5-11/h4-7,10,13-14H,2-3,8-9H2,1H3,(H,18,19)(H,20,21). The van der Waals surface area contributed by atoms with Crippen LogP contribution in [-0.2, 0) is 19.1 Å². The van der Waals surface area contributed by atoms with Gasteiger partial charge in [0.05, 0.1) is 12.7 Å². The summed E-state index contributed by atoms with van der Waals surface area (Å²) >= 11 is 5.79. The van der Waals surface area contributed by atoms with Gasteiger partial charge in [-0.05, 0) is 37.5 Å². The van der Waals surface area contributed by atoms with Crippen molar-refractivity contribution in [3.8, 4) is 0 Å². The second kappa shape index (κ2) is 8.29. The largest absolute Gasteiger partial charge is 0.479 e. The minimum atomic E-state index is -1.15. The van der Waals surface area contributed by atoms with Crippen LogP contribution in [0.3, 0.4) is 0 Å². The van der Waals surface area contributed by atoms with Gasteiger partial charge < -0.3 is 19.9 Å².